The summed E-state index contributed by atoms with van der Waals surface area (Å²) in [4.78, 5) is 14.5. The predicted molar refractivity (Wildman–Crippen MR) is 102 cm³/mol. The summed E-state index contributed by atoms with van der Waals surface area (Å²) in [5.41, 5.74) is 2.13. The van der Waals surface area contributed by atoms with Crippen LogP contribution in [-0.4, -0.2) is 49.8 Å². The molecule has 0 aliphatic carbocycles. The second-order valence-corrected chi connectivity index (χ2v) is 6.26. The normalized spacial score (nSPS) is 10.6. The lowest BCUT2D eigenvalue weighted by atomic mass is 10.1. The van der Waals surface area contributed by atoms with Crippen molar-refractivity contribution in [2.24, 2.45) is 0 Å². The molecule has 146 valence electrons. The summed E-state index contributed by atoms with van der Waals surface area (Å²) in [5.74, 6) is 0.664. The van der Waals surface area contributed by atoms with Crippen LogP contribution in [0.3, 0.4) is 0 Å². The number of aliphatic hydroxyl groups excluding tert-OH is 1. The van der Waals surface area contributed by atoms with E-state index >= 15 is 0 Å². The highest BCUT2D eigenvalue weighted by molar-refractivity contribution is 5.95. The van der Waals surface area contributed by atoms with Gasteiger partial charge in [0.2, 0.25) is 0 Å². The first-order chi connectivity index (χ1) is 13.0. The molecule has 0 saturated heterocycles. The number of benzene rings is 2. The highest BCUT2D eigenvalue weighted by Gasteiger charge is 2.19. The van der Waals surface area contributed by atoms with Crippen LogP contribution in [-0.2, 0) is 6.42 Å². The molecule has 1 amide bonds. The Morgan fingerprint density at radius 2 is 1.78 bits per heavy atom. The Hall–Kier alpha value is -2.60. The van der Waals surface area contributed by atoms with E-state index in [1.54, 1.807) is 37.3 Å². The van der Waals surface area contributed by atoms with E-state index in [9.17, 15) is 14.3 Å². The fraction of sp³-hybridized carbons (Fsp3) is 0.381. The third-order valence-electron chi connectivity index (χ3n) is 4.44. The Morgan fingerprint density at radius 3 is 2.33 bits per heavy atom. The van der Waals surface area contributed by atoms with Crippen LogP contribution in [0.5, 0.6) is 11.5 Å². The fourth-order valence-corrected chi connectivity index (χ4v) is 2.99. The van der Waals surface area contributed by atoms with Gasteiger partial charge in [-0.1, -0.05) is 12.1 Å². The van der Waals surface area contributed by atoms with E-state index in [-0.39, 0.29) is 24.9 Å². The van der Waals surface area contributed by atoms with Crippen LogP contribution < -0.4 is 9.47 Å². The molecule has 0 heterocycles. The van der Waals surface area contributed by atoms with Crippen molar-refractivity contribution in [3.05, 3.63) is 58.9 Å². The maximum Gasteiger partial charge on any atom is 0.254 e. The topological polar surface area (TPSA) is 59.0 Å². The van der Waals surface area contributed by atoms with Crippen LogP contribution in [0.25, 0.3) is 0 Å². The molecule has 0 fully saturated rings. The van der Waals surface area contributed by atoms with E-state index in [0.29, 0.717) is 36.4 Å². The van der Waals surface area contributed by atoms with Crippen LogP contribution in [0.4, 0.5) is 4.39 Å². The SMILES string of the molecule is COc1cc(C(=O)N(CCO)CCCc2cccc(F)c2)cc(OC)c1C. The van der Waals surface area contributed by atoms with E-state index in [0.717, 1.165) is 11.1 Å². The first-order valence-corrected chi connectivity index (χ1v) is 8.87. The van der Waals surface area contributed by atoms with Gasteiger partial charge < -0.3 is 19.5 Å². The molecular formula is C21H26FNO4. The summed E-state index contributed by atoms with van der Waals surface area (Å²) in [5, 5.41) is 9.34. The van der Waals surface area contributed by atoms with Crippen LogP contribution in [0, 0.1) is 12.7 Å². The molecule has 0 saturated carbocycles. The molecule has 0 aromatic heterocycles. The lowest BCUT2D eigenvalue weighted by Crippen LogP contribution is -2.34. The monoisotopic (exact) mass is 375 g/mol. The first kappa shape index (κ1) is 20.7. The van der Waals surface area contributed by atoms with Crippen LogP contribution in [0.15, 0.2) is 36.4 Å². The van der Waals surface area contributed by atoms with E-state index < -0.39 is 0 Å². The average Bonchev–Trinajstić information content (AvgIpc) is 2.67. The standard InChI is InChI=1S/C21H26FNO4/c1-15-19(26-2)13-17(14-20(15)27-3)21(25)23(10-11-24)9-5-7-16-6-4-8-18(22)12-16/h4,6,8,12-14,24H,5,7,9-11H2,1-3H3. The molecule has 2 aromatic rings. The molecule has 0 aliphatic rings. The Morgan fingerprint density at radius 1 is 1.11 bits per heavy atom. The molecule has 6 heteroatoms. The number of aliphatic hydroxyl groups is 1. The van der Waals surface area contributed by atoms with Crippen molar-refractivity contribution >= 4 is 5.91 Å². The van der Waals surface area contributed by atoms with E-state index in [4.69, 9.17) is 9.47 Å². The van der Waals surface area contributed by atoms with Crippen LogP contribution in [0.1, 0.15) is 27.9 Å². The largest absolute Gasteiger partial charge is 0.496 e. The van der Waals surface area contributed by atoms with Gasteiger partial charge in [0, 0.05) is 24.2 Å². The number of nitrogens with zero attached hydrogens (tertiary/aromatic N) is 1. The molecule has 27 heavy (non-hydrogen) atoms. The number of rotatable bonds is 9. The highest BCUT2D eigenvalue weighted by atomic mass is 19.1. The number of ether oxygens (including phenoxy) is 2. The van der Waals surface area contributed by atoms with Gasteiger partial charge in [-0.3, -0.25) is 4.79 Å². The Kier molecular flexibility index (Phi) is 7.61. The average molecular weight is 375 g/mol. The predicted octanol–water partition coefficient (Wildman–Crippen LogP) is 3.22. The molecule has 0 aliphatic heterocycles. The Bertz CT molecular complexity index is 754. The van der Waals surface area contributed by atoms with Gasteiger partial charge in [-0.05, 0) is 49.6 Å². The van der Waals surface area contributed by atoms with Gasteiger partial charge in [-0.15, -0.1) is 0 Å². The molecule has 0 spiro atoms. The van der Waals surface area contributed by atoms with Gasteiger partial charge in [0.1, 0.15) is 17.3 Å². The summed E-state index contributed by atoms with van der Waals surface area (Å²) >= 11 is 0. The molecule has 2 rings (SSSR count). The number of methoxy groups -OCH3 is 2. The molecule has 0 unspecified atom stereocenters. The summed E-state index contributed by atoms with van der Waals surface area (Å²) in [6, 6.07) is 9.79. The number of amides is 1. The van der Waals surface area contributed by atoms with E-state index in [2.05, 4.69) is 0 Å². The number of hydrogen-bond donors (Lipinski definition) is 1. The number of hydrogen-bond acceptors (Lipinski definition) is 4. The Balaban J connectivity index is 2.12. The zero-order valence-electron chi connectivity index (χ0n) is 16.0. The first-order valence-electron chi connectivity index (χ1n) is 8.87. The minimum absolute atomic E-state index is 0.133. The minimum Gasteiger partial charge on any atom is -0.496 e. The molecule has 0 radical (unpaired) electrons. The minimum atomic E-state index is -0.269. The summed E-state index contributed by atoms with van der Waals surface area (Å²) < 4.78 is 23.9. The zero-order chi connectivity index (χ0) is 19.8. The van der Waals surface area contributed by atoms with E-state index in [1.165, 1.54) is 12.1 Å². The molecule has 0 atom stereocenters. The maximum atomic E-state index is 13.3. The zero-order valence-corrected chi connectivity index (χ0v) is 16.0. The number of carbonyl (C=O) groups excluding carboxylic acids is 1. The van der Waals surface area contributed by atoms with Crippen molar-refractivity contribution in [2.75, 3.05) is 33.9 Å². The highest BCUT2D eigenvalue weighted by Crippen LogP contribution is 2.30. The van der Waals surface area contributed by atoms with Gasteiger partial charge >= 0.3 is 0 Å². The van der Waals surface area contributed by atoms with Crippen LogP contribution >= 0.6 is 0 Å². The van der Waals surface area contributed by atoms with Gasteiger partial charge in [0.25, 0.3) is 5.91 Å². The number of halogens is 1. The quantitative estimate of drug-likeness (QED) is 0.731. The molecule has 2 aromatic carbocycles. The molecule has 0 bridgehead atoms. The summed E-state index contributed by atoms with van der Waals surface area (Å²) in [6.45, 7) is 2.40. The summed E-state index contributed by atoms with van der Waals surface area (Å²) in [6.07, 6.45) is 1.31. The second kappa shape index (κ2) is 9.92. The van der Waals surface area contributed by atoms with Crippen molar-refractivity contribution in [1.29, 1.82) is 0 Å². The lowest BCUT2D eigenvalue weighted by molar-refractivity contribution is 0.0719. The fourth-order valence-electron chi connectivity index (χ4n) is 2.99. The molecule has 5 nitrogen and oxygen atoms in total. The smallest absolute Gasteiger partial charge is 0.254 e. The molecule has 1 N–H and O–H groups in total. The van der Waals surface area contributed by atoms with Crippen molar-refractivity contribution in [2.45, 2.75) is 19.8 Å². The van der Waals surface area contributed by atoms with Gasteiger partial charge in [-0.2, -0.15) is 0 Å². The van der Waals surface area contributed by atoms with Crippen molar-refractivity contribution in [1.82, 2.24) is 4.90 Å². The van der Waals surface area contributed by atoms with E-state index in [1.807, 2.05) is 13.0 Å². The number of aryl methyl sites for hydroxylation is 1. The second-order valence-electron chi connectivity index (χ2n) is 6.26. The molecular weight excluding hydrogens is 349 g/mol. The third kappa shape index (κ3) is 5.44. The van der Waals surface area contributed by atoms with Crippen LogP contribution in [0.2, 0.25) is 0 Å². The number of carbonyl (C=O) groups is 1. The maximum absolute atomic E-state index is 13.3. The Labute approximate surface area is 159 Å². The third-order valence-corrected chi connectivity index (χ3v) is 4.44. The van der Waals surface area contributed by atoms with Gasteiger partial charge in [0.05, 0.1) is 20.8 Å². The van der Waals surface area contributed by atoms with Gasteiger partial charge in [-0.25, -0.2) is 4.39 Å². The van der Waals surface area contributed by atoms with Crippen molar-refractivity contribution in [3.8, 4) is 11.5 Å². The summed E-state index contributed by atoms with van der Waals surface area (Å²) in [7, 11) is 3.08. The lowest BCUT2D eigenvalue weighted by Gasteiger charge is -2.23. The van der Waals surface area contributed by atoms with Crippen molar-refractivity contribution < 1.29 is 23.8 Å². The van der Waals surface area contributed by atoms with Crippen molar-refractivity contribution in [3.63, 3.8) is 0 Å². The van der Waals surface area contributed by atoms with Gasteiger partial charge in [0.15, 0.2) is 0 Å².